The molecule has 1 aliphatic heterocycles. The fourth-order valence-electron chi connectivity index (χ4n) is 2.28. The van der Waals surface area contributed by atoms with Gasteiger partial charge in [-0.05, 0) is 13.3 Å². The van der Waals surface area contributed by atoms with Crippen LogP contribution in [0.4, 0.5) is 5.82 Å². The molecule has 2 rings (SSSR count). The van der Waals surface area contributed by atoms with Crippen LogP contribution in [0, 0.1) is 0 Å². The molecule has 1 atom stereocenters. The number of hydrogen-bond donors (Lipinski definition) is 1. The van der Waals surface area contributed by atoms with Gasteiger partial charge in [-0.25, -0.2) is 9.97 Å². The number of carboxylic acid groups (broad SMARTS) is 1. The molecule has 1 saturated heterocycles. The first kappa shape index (κ1) is 15.5. The molecule has 0 radical (unpaired) electrons. The Labute approximate surface area is 124 Å². The summed E-state index contributed by atoms with van der Waals surface area (Å²) in [6, 6.07) is 1.40. The van der Waals surface area contributed by atoms with E-state index in [9.17, 15) is 4.79 Å². The molecule has 1 N–H and O–H groups in total. The molecule has 1 aromatic rings. The number of piperazine rings is 1. The molecule has 1 aliphatic rings. The first-order valence-electron chi connectivity index (χ1n) is 7.28. The fraction of sp³-hybridized carbons (Fsp3) is 0.643. The molecule has 0 amide bonds. The summed E-state index contributed by atoms with van der Waals surface area (Å²) in [5, 5.41) is 9.04. The van der Waals surface area contributed by atoms with Crippen LogP contribution in [0.3, 0.4) is 0 Å². The smallest absolute Gasteiger partial charge is 0.320 e. The van der Waals surface area contributed by atoms with Crippen LogP contribution >= 0.6 is 0 Å². The highest BCUT2D eigenvalue weighted by Gasteiger charge is 2.25. The molecule has 1 fully saturated rings. The summed E-state index contributed by atoms with van der Waals surface area (Å²) in [6.45, 7) is 7.33. The van der Waals surface area contributed by atoms with E-state index in [1.54, 1.807) is 6.92 Å². The Hall–Kier alpha value is -1.89. The maximum Gasteiger partial charge on any atom is 0.320 e. The quantitative estimate of drug-likeness (QED) is 0.833. The third-order valence-electron chi connectivity index (χ3n) is 3.62. The van der Waals surface area contributed by atoms with Crippen LogP contribution < -0.4 is 9.64 Å². The highest BCUT2D eigenvalue weighted by atomic mass is 16.5. The lowest BCUT2D eigenvalue weighted by Gasteiger charge is -2.37. The summed E-state index contributed by atoms with van der Waals surface area (Å²) in [6.07, 6.45) is 2.44. The molecule has 0 bridgehead atoms. The fourth-order valence-corrected chi connectivity index (χ4v) is 2.28. The van der Waals surface area contributed by atoms with E-state index >= 15 is 0 Å². The Balaban J connectivity index is 1.94. The van der Waals surface area contributed by atoms with Crippen LogP contribution in [-0.4, -0.2) is 64.8 Å². The average molecular weight is 294 g/mol. The molecule has 0 aliphatic carbocycles. The van der Waals surface area contributed by atoms with Gasteiger partial charge in [-0.15, -0.1) is 0 Å². The van der Waals surface area contributed by atoms with Crippen molar-refractivity contribution in [2.45, 2.75) is 26.3 Å². The summed E-state index contributed by atoms with van der Waals surface area (Å²) in [5.74, 6) is 0.641. The summed E-state index contributed by atoms with van der Waals surface area (Å²) >= 11 is 0. The summed E-state index contributed by atoms with van der Waals surface area (Å²) in [7, 11) is 0. The number of aliphatic carboxylic acids is 1. The van der Waals surface area contributed by atoms with Gasteiger partial charge in [-0.3, -0.25) is 9.69 Å². The molecule has 0 spiro atoms. The average Bonchev–Trinajstić information content (AvgIpc) is 2.52. The second-order valence-corrected chi connectivity index (χ2v) is 5.10. The lowest BCUT2D eigenvalue weighted by atomic mass is 10.2. The van der Waals surface area contributed by atoms with Gasteiger partial charge in [-0.1, -0.05) is 6.92 Å². The van der Waals surface area contributed by atoms with Crippen LogP contribution in [0.5, 0.6) is 5.88 Å². The van der Waals surface area contributed by atoms with E-state index in [0.29, 0.717) is 25.6 Å². The van der Waals surface area contributed by atoms with E-state index in [0.717, 1.165) is 25.3 Å². The van der Waals surface area contributed by atoms with Crippen molar-refractivity contribution >= 4 is 11.8 Å². The van der Waals surface area contributed by atoms with Crippen molar-refractivity contribution in [2.24, 2.45) is 0 Å². The van der Waals surface area contributed by atoms with Gasteiger partial charge in [-0.2, -0.15) is 0 Å². The number of anilines is 1. The Bertz CT molecular complexity index is 475. The van der Waals surface area contributed by atoms with Gasteiger partial charge in [0.05, 0.1) is 6.61 Å². The van der Waals surface area contributed by atoms with Gasteiger partial charge in [0.1, 0.15) is 18.2 Å². The van der Waals surface area contributed by atoms with Crippen molar-refractivity contribution in [3.8, 4) is 5.88 Å². The Morgan fingerprint density at radius 1 is 1.38 bits per heavy atom. The number of carboxylic acids is 1. The van der Waals surface area contributed by atoms with E-state index in [1.807, 2.05) is 17.9 Å². The third kappa shape index (κ3) is 4.04. The molecule has 0 saturated carbocycles. The molecule has 7 heteroatoms. The monoisotopic (exact) mass is 294 g/mol. The van der Waals surface area contributed by atoms with Gasteiger partial charge in [0.15, 0.2) is 0 Å². The predicted octanol–water partition coefficient (Wildman–Crippen LogP) is 0.860. The number of aromatic nitrogens is 2. The second kappa shape index (κ2) is 7.21. The lowest BCUT2D eigenvalue weighted by Crippen LogP contribution is -2.52. The van der Waals surface area contributed by atoms with Crippen molar-refractivity contribution in [3.63, 3.8) is 0 Å². The first-order valence-corrected chi connectivity index (χ1v) is 7.28. The van der Waals surface area contributed by atoms with Gasteiger partial charge in [0.25, 0.3) is 0 Å². The summed E-state index contributed by atoms with van der Waals surface area (Å²) in [5.41, 5.74) is 0. The van der Waals surface area contributed by atoms with Crippen molar-refractivity contribution < 1.29 is 14.6 Å². The zero-order valence-electron chi connectivity index (χ0n) is 12.5. The SMILES string of the molecule is CCCOc1cc(N2CCN(C(C)C(=O)O)CC2)ncn1. The van der Waals surface area contributed by atoms with Gasteiger partial charge in [0.2, 0.25) is 5.88 Å². The second-order valence-electron chi connectivity index (χ2n) is 5.10. The minimum atomic E-state index is -0.777. The minimum absolute atomic E-state index is 0.444. The van der Waals surface area contributed by atoms with E-state index < -0.39 is 12.0 Å². The van der Waals surface area contributed by atoms with Crippen LogP contribution in [0.1, 0.15) is 20.3 Å². The predicted molar refractivity (Wildman–Crippen MR) is 78.7 cm³/mol. The normalized spacial score (nSPS) is 17.5. The largest absolute Gasteiger partial charge is 0.480 e. The van der Waals surface area contributed by atoms with Crippen molar-refractivity contribution in [1.82, 2.24) is 14.9 Å². The van der Waals surface area contributed by atoms with E-state index in [1.165, 1.54) is 6.33 Å². The molecule has 2 heterocycles. The molecule has 1 unspecified atom stereocenters. The molecular weight excluding hydrogens is 272 g/mol. The maximum absolute atomic E-state index is 11.0. The van der Waals surface area contributed by atoms with Gasteiger partial charge >= 0.3 is 5.97 Å². The molecule has 0 aromatic carbocycles. The van der Waals surface area contributed by atoms with Crippen LogP contribution in [-0.2, 0) is 4.79 Å². The molecule has 116 valence electrons. The van der Waals surface area contributed by atoms with E-state index in [2.05, 4.69) is 14.9 Å². The lowest BCUT2D eigenvalue weighted by molar-refractivity contribution is -0.142. The van der Waals surface area contributed by atoms with Crippen LogP contribution in [0.15, 0.2) is 12.4 Å². The molecular formula is C14H22N4O3. The Kier molecular flexibility index (Phi) is 5.32. The molecule has 7 nitrogen and oxygen atoms in total. The van der Waals surface area contributed by atoms with E-state index in [-0.39, 0.29) is 0 Å². The minimum Gasteiger partial charge on any atom is -0.480 e. The number of ether oxygens (including phenoxy) is 1. The topological polar surface area (TPSA) is 78.8 Å². The Morgan fingerprint density at radius 2 is 2.10 bits per heavy atom. The maximum atomic E-state index is 11.0. The number of hydrogen-bond acceptors (Lipinski definition) is 6. The van der Waals surface area contributed by atoms with Gasteiger partial charge < -0.3 is 14.7 Å². The zero-order valence-corrected chi connectivity index (χ0v) is 12.5. The van der Waals surface area contributed by atoms with Crippen molar-refractivity contribution in [3.05, 3.63) is 12.4 Å². The molecule has 1 aromatic heterocycles. The summed E-state index contributed by atoms with van der Waals surface area (Å²) < 4.78 is 5.51. The summed E-state index contributed by atoms with van der Waals surface area (Å²) in [4.78, 5) is 23.5. The van der Waals surface area contributed by atoms with Gasteiger partial charge in [0, 0.05) is 32.2 Å². The first-order chi connectivity index (χ1) is 10.1. The highest BCUT2D eigenvalue weighted by Crippen LogP contribution is 2.18. The van der Waals surface area contributed by atoms with E-state index in [4.69, 9.17) is 9.84 Å². The number of nitrogens with zero attached hydrogens (tertiary/aromatic N) is 4. The van der Waals surface area contributed by atoms with Crippen molar-refractivity contribution in [1.29, 1.82) is 0 Å². The highest BCUT2D eigenvalue weighted by molar-refractivity contribution is 5.72. The standard InChI is InChI=1S/C14H22N4O3/c1-3-8-21-13-9-12(15-10-16-13)18-6-4-17(5-7-18)11(2)14(19)20/h9-11H,3-8H2,1-2H3,(H,19,20). The van der Waals surface area contributed by atoms with Crippen LogP contribution in [0.25, 0.3) is 0 Å². The van der Waals surface area contributed by atoms with Crippen LogP contribution in [0.2, 0.25) is 0 Å². The number of carbonyl (C=O) groups is 1. The Morgan fingerprint density at radius 3 is 2.71 bits per heavy atom. The third-order valence-corrected chi connectivity index (χ3v) is 3.62. The number of rotatable bonds is 6. The zero-order chi connectivity index (χ0) is 15.2. The molecule has 21 heavy (non-hydrogen) atoms. The van der Waals surface area contributed by atoms with Crippen molar-refractivity contribution in [2.75, 3.05) is 37.7 Å².